The summed E-state index contributed by atoms with van der Waals surface area (Å²) in [7, 11) is 0. The molecule has 6 heteroatoms. The zero-order chi connectivity index (χ0) is 12.7. The van der Waals surface area contributed by atoms with E-state index in [1.807, 2.05) is 0 Å². The fourth-order valence-electron chi connectivity index (χ4n) is 2.01. The second-order valence-electron chi connectivity index (χ2n) is 4.09. The van der Waals surface area contributed by atoms with Gasteiger partial charge in [-0.1, -0.05) is 6.07 Å². The van der Waals surface area contributed by atoms with Gasteiger partial charge < -0.3 is 10.6 Å². The maximum atomic E-state index is 13.1. The van der Waals surface area contributed by atoms with Crippen LogP contribution in [0.15, 0.2) is 24.3 Å². The molecular weight excluding hydrogens is 253 g/mol. The van der Waals surface area contributed by atoms with Crippen LogP contribution in [0.25, 0.3) is 0 Å². The van der Waals surface area contributed by atoms with Gasteiger partial charge in [0.15, 0.2) is 5.13 Å². The van der Waals surface area contributed by atoms with Gasteiger partial charge in [0.05, 0.1) is 23.7 Å². The number of carbonyl (C=O) groups excluding carboxylic acids is 1. The number of nitrogen functional groups attached to an aromatic ring is 1. The topological polar surface area (TPSA) is 59.2 Å². The van der Waals surface area contributed by atoms with Crippen LogP contribution < -0.4 is 5.73 Å². The van der Waals surface area contributed by atoms with Gasteiger partial charge in [-0.15, -0.1) is 11.3 Å². The van der Waals surface area contributed by atoms with Gasteiger partial charge in [0.25, 0.3) is 5.91 Å². The summed E-state index contributed by atoms with van der Waals surface area (Å²) < 4.78 is 13.1. The Hall–Kier alpha value is -1.95. The van der Waals surface area contributed by atoms with Gasteiger partial charge in [-0.25, -0.2) is 9.37 Å². The Balaban J connectivity index is 1.82. The maximum absolute atomic E-state index is 13.1. The highest BCUT2D eigenvalue weighted by atomic mass is 32.1. The summed E-state index contributed by atoms with van der Waals surface area (Å²) in [5, 5.41) is 0.526. The fourth-order valence-corrected chi connectivity index (χ4v) is 2.86. The van der Waals surface area contributed by atoms with E-state index in [2.05, 4.69) is 4.98 Å². The second-order valence-corrected chi connectivity index (χ2v) is 5.21. The van der Waals surface area contributed by atoms with Gasteiger partial charge in [0, 0.05) is 5.56 Å². The number of halogens is 1. The molecule has 0 fully saturated rings. The van der Waals surface area contributed by atoms with Crippen molar-refractivity contribution < 1.29 is 9.18 Å². The lowest BCUT2D eigenvalue weighted by atomic mass is 10.2. The number of nitrogens with two attached hydrogens (primary N) is 1. The predicted octanol–water partition coefficient (Wildman–Crippen LogP) is 2.02. The molecule has 0 aliphatic carbocycles. The van der Waals surface area contributed by atoms with Gasteiger partial charge >= 0.3 is 0 Å². The molecule has 0 unspecified atom stereocenters. The minimum absolute atomic E-state index is 0.182. The Morgan fingerprint density at radius 3 is 3.00 bits per heavy atom. The van der Waals surface area contributed by atoms with E-state index in [4.69, 9.17) is 5.73 Å². The number of anilines is 1. The standard InChI is InChI=1S/C12H10FN3OS/c13-8-3-1-2-7(4-8)11(17)16-5-9-10(6-16)18-12(14)15-9/h1-4H,5-6H2,(H2,14,15). The summed E-state index contributed by atoms with van der Waals surface area (Å²) in [5.41, 5.74) is 6.80. The lowest BCUT2D eigenvalue weighted by Crippen LogP contribution is -2.25. The van der Waals surface area contributed by atoms with E-state index >= 15 is 0 Å². The molecule has 0 saturated carbocycles. The zero-order valence-corrected chi connectivity index (χ0v) is 10.2. The number of nitrogens with zero attached hydrogens (tertiary/aromatic N) is 2. The van der Waals surface area contributed by atoms with E-state index < -0.39 is 5.82 Å². The zero-order valence-electron chi connectivity index (χ0n) is 9.39. The van der Waals surface area contributed by atoms with Crippen LogP contribution in [-0.2, 0) is 13.1 Å². The van der Waals surface area contributed by atoms with Crippen LogP contribution >= 0.6 is 11.3 Å². The number of hydrogen-bond donors (Lipinski definition) is 1. The third-order valence-corrected chi connectivity index (χ3v) is 3.74. The molecule has 2 N–H and O–H groups in total. The van der Waals surface area contributed by atoms with Gasteiger partial charge in [-0.2, -0.15) is 0 Å². The molecule has 0 spiro atoms. The van der Waals surface area contributed by atoms with E-state index in [0.29, 0.717) is 23.8 Å². The van der Waals surface area contributed by atoms with E-state index in [1.54, 1.807) is 11.0 Å². The van der Waals surface area contributed by atoms with E-state index in [0.717, 1.165) is 10.6 Å². The Morgan fingerprint density at radius 1 is 1.44 bits per heavy atom. The molecule has 1 aromatic heterocycles. The molecule has 18 heavy (non-hydrogen) atoms. The van der Waals surface area contributed by atoms with Crippen molar-refractivity contribution in [1.82, 2.24) is 9.88 Å². The van der Waals surface area contributed by atoms with Gasteiger partial charge in [-0.3, -0.25) is 4.79 Å². The van der Waals surface area contributed by atoms with Gasteiger partial charge in [0.2, 0.25) is 0 Å². The Bertz CT molecular complexity index is 602. The molecule has 1 aromatic carbocycles. The molecule has 2 heterocycles. The van der Waals surface area contributed by atoms with E-state index in [-0.39, 0.29) is 5.91 Å². The van der Waals surface area contributed by atoms with Gasteiger partial charge in [-0.05, 0) is 18.2 Å². The van der Waals surface area contributed by atoms with Crippen molar-refractivity contribution in [3.8, 4) is 0 Å². The van der Waals surface area contributed by atoms with Crippen LogP contribution in [-0.4, -0.2) is 15.8 Å². The summed E-state index contributed by atoms with van der Waals surface area (Å²) in [6.45, 7) is 0.942. The number of rotatable bonds is 1. The first-order chi connectivity index (χ1) is 8.63. The minimum Gasteiger partial charge on any atom is -0.375 e. The van der Waals surface area contributed by atoms with Crippen molar-refractivity contribution in [2.45, 2.75) is 13.1 Å². The largest absolute Gasteiger partial charge is 0.375 e. The highest BCUT2D eigenvalue weighted by Gasteiger charge is 2.27. The summed E-state index contributed by atoms with van der Waals surface area (Å²) >= 11 is 1.40. The SMILES string of the molecule is Nc1nc2c(s1)CN(C(=O)c1cccc(F)c1)C2. The Morgan fingerprint density at radius 2 is 2.28 bits per heavy atom. The number of amides is 1. The average molecular weight is 263 g/mol. The molecule has 2 aromatic rings. The van der Waals surface area contributed by atoms with Crippen LogP contribution in [0.1, 0.15) is 20.9 Å². The Labute approximate surface area is 107 Å². The number of fused-ring (bicyclic) bond motifs is 1. The smallest absolute Gasteiger partial charge is 0.254 e. The van der Waals surface area contributed by atoms with Crippen LogP contribution in [0.2, 0.25) is 0 Å². The fraction of sp³-hybridized carbons (Fsp3) is 0.167. The van der Waals surface area contributed by atoms with Crippen LogP contribution in [0.4, 0.5) is 9.52 Å². The summed E-state index contributed by atoms with van der Waals surface area (Å²) in [5.74, 6) is -0.588. The molecule has 0 saturated heterocycles. The molecule has 4 nitrogen and oxygen atoms in total. The third kappa shape index (κ3) is 1.84. The number of benzene rings is 1. The summed E-state index contributed by atoms with van der Waals surface area (Å²) in [4.78, 5) is 19.0. The van der Waals surface area contributed by atoms with Crippen molar-refractivity contribution in [2.24, 2.45) is 0 Å². The van der Waals surface area contributed by atoms with E-state index in [1.165, 1.54) is 29.5 Å². The van der Waals surface area contributed by atoms with Crippen molar-refractivity contribution in [3.05, 3.63) is 46.2 Å². The third-order valence-electron chi connectivity index (χ3n) is 2.83. The summed E-state index contributed by atoms with van der Waals surface area (Å²) in [6.07, 6.45) is 0. The first-order valence-electron chi connectivity index (χ1n) is 5.42. The van der Waals surface area contributed by atoms with Crippen LogP contribution in [0.5, 0.6) is 0 Å². The predicted molar refractivity (Wildman–Crippen MR) is 66.5 cm³/mol. The maximum Gasteiger partial charge on any atom is 0.254 e. The first kappa shape index (κ1) is 11.2. The van der Waals surface area contributed by atoms with Crippen LogP contribution in [0, 0.1) is 5.82 Å². The molecule has 1 amide bonds. The molecule has 1 aliphatic heterocycles. The quantitative estimate of drug-likeness (QED) is 0.856. The molecule has 0 radical (unpaired) electrons. The normalized spacial score (nSPS) is 13.7. The molecule has 92 valence electrons. The average Bonchev–Trinajstić information content (AvgIpc) is 2.85. The molecule has 0 atom stereocenters. The number of thiazole rings is 1. The second kappa shape index (κ2) is 4.06. The highest BCUT2D eigenvalue weighted by molar-refractivity contribution is 7.15. The monoisotopic (exact) mass is 263 g/mol. The molecule has 0 bridgehead atoms. The molecule has 1 aliphatic rings. The summed E-state index contributed by atoms with van der Waals surface area (Å²) in [6, 6.07) is 5.71. The first-order valence-corrected chi connectivity index (χ1v) is 6.24. The van der Waals surface area contributed by atoms with Crippen molar-refractivity contribution in [2.75, 3.05) is 5.73 Å². The van der Waals surface area contributed by atoms with E-state index in [9.17, 15) is 9.18 Å². The number of carbonyl (C=O) groups is 1. The van der Waals surface area contributed by atoms with Crippen molar-refractivity contribution in [3.63, 3.8) is 0 Å². The number of aromatic nitrogens is 1. The molecule has 3 rings (SSSR count). The lowest BCUT2D eigenvalue weighted by molar-refractivity contribution is 0.0750. The molecular formula is C12H10FN3OS. The number of hydrogen-bond acceptors (Lipinski definition) is 4. The minimum atomic E-state index is -0.405. The Kier molecular flexibility index (Phi) is 2.52. The lowest BCUT2D eigenvalue weighted by Gasteiger charge is -2.15. The van der Waals surface area contributed by atoms with Gasteiger partial charge in [0.1, 0.15) is 5.82 Å². The highest BCUT2D eigenvalue weighted by Crippen LogP contribution is 2.30. The van der Waals surface area contributed by atoms with Crippen molar-refractivity contribution >= 4 is 22.4 Å². The van der Waals surface area contributed by atoms with Crippen LogP contribution in [0.3, 0.4) is 0 Å². The van der Waals surface area contributed by atoms with Crippen molar-refractivity contribution in [1.29, 1.82) is 0 Å².